The molecule has 2 rings (SSSR count). The van der Waals surface area contributed by atoms with Crippen molar-refractivity contribution >= 4 is 6.03 Å². The summed E-state index contributed by atoms with van der Waals surface area (Å²) in [6, 6.07) is 0.290. The molecule has 3 nitrogen and oxygen atoms in total. The number of amides is 2. The highest BCUT2D eigenvalue weighted by molar-refractivity contribution is 5.74. The standard InChI is InChI=1S/C13H24N2O/c1-11-5-8-14(9-6-11)13(16)15-7-3-4-12(2)10-15/h11-12H,3-10H2,1-2H3. The third kappa shape index (κ3) is 2.69. The second-order valence-corrected chi connectivity index (χ2v) is 5.65. The molecule has 0 aliphatic carbocycles. The first-order valence-corrected chi connectivity index (χ1v) is 6.70. The largest absolute Gasteiger partial charge is 0.325 e. The van der Waals surface area contributed by atoms with Gasteiger partial charge in [-0.3, -0.25) is 0 Å². The Morgan fingerprint density at radius 1 is 0.938 bits per heavy atom. The molecule has 2 aliphatic rings. The van der Waals surface area contributed by atoms with Crippen LogP contribution in [0.2, 0.25) is 0 Å². The maximum atomic E-state index is 12.3. The predicted molar refractivity (Wildman–Crippen MR) is 65.3 cm³/mol. The normalized spacial score (nSPS) is 28.2. The van der Waals surface area contributed by atoms with E-state index in [2.05, 4.69) is 23.6 Å². The van der Waals surface area contributed by atoms with Gasteiger partial charge in [-0.1, -0.05) is 13.8 Å². The van der Waals surface area contributed by atoms with Gasteiger partial charge in [-0.15, -0.1) is 0 Å². The Hall–Kier alpha value is -0.730. The molecule has 2 fully saturated rings. The summed E-state index contributed by atoms with van der Waals surface area (Å²) in [7, 11) is 0. The van der Waals surface area contributed by atoms with Gasteiger partial charge in [0, 0.05) is 26.2 Å². The van der Waals surface area contributed by atoms with Crippen molar-refractivity contribution in [3.05, 3.63) is 0 Å². The summed E-state index contributed by atoms with van der Waals surface area (Å²) in [4.78, 5) is 16.4. The highest BCUT2D eigenvalue weighted by atomic mass is 16.2. The minimum absolute atomic E-state index is 0.290. The number of likely N-dealkylation sites (tertiary alicyclic amines) is 2. The molecule has 0 aromatic heterocycles. The molecule has 3 heteroatoms. The van der Waals surface area contributed by atoms with Crippen molar-refractivity contribution in [3.8, 4) is 0 Å². The highest BCUT2D eigenvalue weighted by Crippen LogP contribution is 2.20. The summed E-state index contributed by atoms with van der Waals surface area (Å²) in [5, 5.41) is 0. The molecule has 0 N–H and O–H groups in total. The summed E-state index contributed by atoms with van der Waals surface area (Å²) in [6.07, 6.45) is 4.81. The monoisotopic (exact) mass is 224 g/mol. The van der Waals surface area contributed by atoms with Crippen LogP contribution in [0.25, 0.3) is 0 Å². The van der Waals surface area contributed by atoms with Crippen LogP contribution < -0.4 is 0 Å². The van der Waals surface area contributed by atoms with Gasteiger partial charge in [0.05, 0.1) is 0 Å². The maximum Gasteiger partial charge on any atom is 0.320 e. The average molecular weight is 224 g/mol. The molecule has 0 bridgehead atoms. The van der Waals surface area contributed by atoms with E-state index in [-0.39, 0.29) is 0 Å². The Labute approximate surface area is 98.8 Å². The highest BCUT2D eigenvalue weighted by Gasteiger charge is 2.27. The number of rotatable bonds is 0. The lowest BCUT2D eigenvalue weighted by atomic mass is 9.98. The molecule has 16 heavy (non-hydrogen) atoms. The van der Waals surface area contributed by atoms with E-state index in [1.54, 1.807) is 0 Å². The van der Waals surface area contributed by atoms with Crippen LogP contribution in [0.5, 0.6) is 0 Å². The van der Waals surface area contributed by atoms with E-state index < -0.39 is 0 Å². The Morgan fingerprint density at radius 3 is 2.25 bits per heavy atom. The molecule has 0 radical (unpaired) electrons. The molecule has 0 saturated carbocycles. The Morgan fingerprint density at radius 2 is 1.62 bits per heavy atom. The van der Waals surface area contributed by atoms with Crippen molar-refractivity contribution in [2.24, 2.45) is 11.8 Å². The zero-order valence-electron chi connectivity index (χ0n) is 10.6. The van der Waals surface area contributed by atoms with Crippen LogP contribution in [-0.4, -0.2) is 42.0 Å². The van der Waals surface area contributed by atoms with Crippen LogP contribution >= 0.6 is 0 Å². The van der Waals surface area contributed by atoms with E-state index in [0.717, 1.165) is 32.1 Å². The van der Waals surface area contributed by atoms with Gasteiger partial charge in [0.15, 0.2) is 0 Å². The summed E-state index contributed by atoms with van der Waals surface area (Å²) < 4.78 is 0. The van der Waals surface area contributed by atoms with Gasteiger partial charge in [0.2, 0.25) is 0 Å². The SMILES string of the molecule is CC1CCN(C(=O)N2CCCC(C)C2)CC1. The molecule has 0 spiro atoms. The van der Waals surface area contributed by atoms with Gasteiger partial charge < -0.3 is 9.80 Å². The molecule has 2 heterocycles. The summed E-state index contributed by atoms with van der Waals surface area (Å²) >= 11 is 0. The van der Waals surface area contributed by atoms with Crippen molar-refractivity contribution < 1.29 is 4.79 Å². The van der Waals surface area contributed by atoms with Crippen LogP contribution in [0.3, 0.4) is 0 Å². The minimum atomic E-state index is 0.290. The number of hydrogen-bond acceptors (Lipinski definition) is 1. The van der Waals surface area contributed by atoms with Crippen molar-refractivity contribution in [1.29, 1.82) is 0 Å². The fourth-order valence-corrected chi connectivity index (χ4v) is 2.76. The second kappa shape index (κ2) is 5.07. The summed E-state index contributed by atoms with van der Waals surface area (Å²) in [5.74, 6) is 1.48. The average Bonchev–Trinajstić information content (AvgIpc) is 2.29. The zero-order valence-corrected chi connectivity index (χ0v) is 10.6. The number of urea groups is 1. The number of hydrogen-bond donors (Lipinski definition) is 0. The second-order valence-electron chi connectivity index (χ2n) is 5.65. The Kier molecular flexibility index (Phi) is 3.72. The van der Waals surface area contributed by atoms with Crippen LogP contribution in [0.1, 0.15) is 39.5 Å². The lowest BCUT2D eigenvalue weighted by Gasteiger charge is -2.38. The van der Waals surface area contributed by atoms with E-state index in [9.17, 15) is 4.79 Å². The van der Waals surface area contributed by atoms with Gasteiger partial charge in [0.25, 0.3) is 0 Å². The summed E-state index contributed by atoms with van der Waals surface area (Å²) in [6.45, 7) is 8.39. The topological polar surface area (TPSA) is 23.6 Å². The van der Waals surface area contributed by atoms with Crippen molar-refractivity contribution in [2.45, 2.75) is 39.5 Å². The smallest absolute Gasteiger partial charge is 0.320 e. The molecule has 0 aromatic carbocycles. The van der Waals surface area contributed by atoms with Crippen molar-refractivity contribution in [1.82, 2.24) is 9.80 Å². The van der Waals surface area contributed by atoms with Crippen LogP contribution in [-0.2, 0) is 0 Å². The molecule has 2 aliphatic heterocycles. The molecule has 0 aromatic rings. The zero-order chi connectivity index (χ0) is 11.5. The van der Waals surface area contributed by atoms with Gasteiger partial charge >= 0.3 is 6.03 Å². The first-order valence-electron chi connectivity index (χ1n) is 6.70. The van der Waals surface area contributed by atoms with Crippen LogP contribution in [0.4, 0.5) is 4.79 Å². The van der Waals surface area contributed by atoms with Gasteiger partial charge in [-0.05, 0) is 37.5 Å². The fraction of sp³-hybridized carbons (Fsp3) is 0.923. The molecular weight excluding hydrogens is 200 g/mol. The van der Waals surface area contributed by atoms with E-state index in [0.29, 0.717) is 11.9 Å². The number of carbonyl (C=O) groups is 1. The molecule has 2 saturated heterocycles. The molecule has 1 atom stereocenters. The lowest BCUT2D eigenvalue weighted by Crippen LogP contribution is -2.49. The first kappa shape index (κ1) is 11.7. The molecule has 1 unspecified atom stereocenters. The van der Waals surface area contributed by atoms with Gasteiger partial charge in [-0.2, -0.15) is 0 Å². The maximum absolute atomic E-state index is 12.3. The van der Waals surface area contributed by atoms with E-state index in [4.69, 9.17) is 0 Å². The minimum Gasteiger partial charge on any atom is -0.325 e. The first-order chi connectivity index (χ1) is 7.66. The van der Waals surface area contributed by atoms with Crippen LogP contribution in [0, 0.1) is 11.8 Å². The third-order valence-corrected chi connectivity index (χ3v) is 3.98. The molecular formula is C13H24N2O. The fourth-order valence-electron chi connectivity index (χ4n) is 2.76. The van der Waals surface area contributed by atoms with Crippen molar-refractivity contribution in [3.63, 3.8) is 0 Å². The Balaban J connectivity index is 1.86. The molecule has 92 valence electrons. The third-order valence-electron chi connectivity index (χ3n) is 3.98. The number of piperidine rings is 2. The number of carbonyl (C=O) groups excluding carboxylic acids is 1. The Bertz CT molecular complexity index is 246. The van der Waals surface area contributed by atoms with Gasteiger partial charge in [0.1, 0.15) is 0 Å². The van der Waals surface area contributed by atoms with Gasteiger partial charge in [-0.25, -0.2) is 4.79 Å². The quantitative estimate of drug-likeness (QED) is 0.620. The number of nitrogens with zero attached hydrogens (tertiary/aromatic N) is 2. The van der Waals surface area contributed by atoms with E-state index in [1.165, 1.54) is 25.7 Å². The van der Waals surface area contributed by atoms with E-state index in [1.807, 2.05) is 0 Å². The lowest BCUT2D eigenvalue weighted by molar-refractivity contribution is 0.117. The molecule has 2 amide bonds. The van der Waals surface area contributed by atoms with E-state index >= 15 is 0 Å². The summed E-state index contributed by atoms with van der Waals surface area (Å²) in [5.41, 5.74) is 0. The predicted octanol–water partition coefficient (Wildman–Crippen LogP) is 2.57. The van der Waals surface area contributed by atoms with Crippen LogP contribution in [0.15, 0.2) is 0 Å². The van der Waals surface area contributed by atoms with Crippen molar-refractivity contribution in [2.75, 3.05) is 26.2 Å².